The van der Waals surface area contributed by atoms with E-state index in [1.807, 2.05) is 6.92 Å². The van der Waals surface area contributed by atoms with E-state index in [2.05, 4.69) is 0 Å². The fraction of sp³-hybridized carbons (Fsp3) is 0.250. The molecule has 0 amide bonds. The molecule has 0 fully saturated rings. The van der Waals surface area contributed by atoms with Gasteiger partial charge in [-0.05, 0) is 17.9 Å². The van der Waals surface area contributed by atoms with Gasteiger partial charge in [0.25, 0.3) is 0 Å². The molecule has 1 aromatic carbocycles. The third kappa shape index (κ3) is 1.75. The SMILES string of the molecule is CCSc1ccc(F)c(F)c1F. The molecule has 0 heterocycles. The minimum atomic E-state index is -1.39. The lowest BCUT2D eigenvalue weighted by molar-refractivity contribution is 0.435. The van der Waals surface area contributed by atoms with Gasteiger partial charge in [-0.1, -0.05) is 6.92 Å². The molecule has 1 rings (SSSR count). The number of thioether (sulfide) groups is 1. The van der Waals surface area contributed by atoms with E-state index in [9.17, 15) is 13.2 Å². The second kappa shape index (κ2) is 3.85. The molecule has 4 heteroatoms. The minimum absolute atomic E-state index is 0.149. The van der Waals surface area contributed by atoms with Gasteiger partial charge in [-0.25, -0.2) is 13.2 Å². The molecular formula is C8H7F3S. The number of rotatable bonds is 2. The predicted molar refractivity (Wildman–Crippen MR) is 42.7 cm³/mol. The third-order valence-corrected chi connectivity index (χ3v) is 2.21. The van der Waals surface area contributed by atoms with Gasteiger partial charge in [0.15, 0.2) is 17.5 Å². The quantitative estimate of drug-likeness (QED) is 0.512. The maximum atomic E-state index is 12.8. The molecule has 0 spiro atoms. The van der Waals surface area contributed by atoms with Gasteiger partial charge in [-0.3, -0.25) is 0 Å². The van der Waals surface area contributed by atoms with Gasteiger partial charge in [0.2, 0.25) is 0 Å². The van der Waals surface area contributed by atoms with Crippen LogP contribution in [0, 0.1) is 17.5 Å². The zero-order chi connectivity index (χ0) is 9.14. The summed E-state index contributed by atoms with van der Waals surface area (Å²) in [6.07, 6.45) is 0. The van der Waals surface area contributed by atoms with Crippen molar-refractivity contribution in [3.8, 4) is 0 Å². The third-order valence-electron chi connectivity index (χ3n) is 1.30. The average Bonchev–Trinajstić information content (AvgIpc) is 2.07. The first kappa shape index (κ1) is 9.45. The summed E-state index contributed by atoms with van der Waals surface area (Å²) in [5.41, 5.74) is 0. The second-order valence-electron chi connectivity index (χ2n) is 2.11. The van der Waals surface area contributed by atoms with Gasteiger partial charge in [0.1, 0.15) is 0 Å². The summed E-state index contributed by atoms with van der Waals surface area (Å²) in [6.45, 7) is 1.81. The Hall–Kier alpha value is -0.640. The van der Waals surface area contributed by atoms with Crippen LogP contribution in [-0.4, -0.2) is 5.75 Å². The molecule has 0 saturated carbocycles. The van der Waals surface area contributed by atoms with Crippen LogP contribution in [0.1, 0.15) is 6.92 Å². The zero-order valence-corrected chi connectivity index (χ0v) is 7.22. The normalized spacial score (nSPS) is 10.3. The van der Waals surface area contributed by atoms with Crippen molar-refractivity contribution in [2.45, 2.75) is 11.8 Å². The smallest absolute Gasteiger partial charge is 0.195 e. The standard InChI is InChI=1S/C8H7F3S/c1-2-12-6-4-3-5(9)7(10)8(6)11/h3-4H,2H2,1H3. The summed E-state index contributed by atoms with van der Waals surface area (Å²) in [6, 6.07) is 2.16. The summed E-state index contributed by atoms with van der Waals surface area (Å²) in [5, 5.41) is 0. The highest BCUT2D eigenvalue weighted by molar-refractivity contribution is 7.99. The van der Waals surface area contributed by atoms with E-state index in [1.165, 1.54) is 6.07 Å². The van der Waals surface area contributed by atoms with Gasteiger partial charge >= 0.3 is 0 Å². The van der Waals surface area contributed by atoms with Crippen LogP contribution >= 0.6 is 11.8 Å². The highest BCUT2D eigenvalue weighted by atomic mass is 32.2. The Balaban J connectivity index is 3.08. The van der Waals surface area contributed by atoms with Gasteiger partial charge in [-0.2, -0.15) is 0 Å². The van der Waals surface area contributed by atoms with Crippen molar-refractivity contribution in [2.75, 3.05) is 5.75 Å². The van der Waals surface area contributed by atoms with E-state index in [0.29, 0.717) is 5.75 Å². The Morgan fingerprint density at radius 2 is 1.83 bits per heavy atom. The molecule has 0 aliphatic heterocycles. The van der Waals surface area contributed by atoms with Crippen LogP contribution < -0.4 is 0 Å². The summed E-state index contributed by atoms with van der Waals surface area (Å²) in [7, 11) is 0. The van der Waals surface area contributed by atoms with Crippen LogP contribution in [0.3, 0.4) is 0 Å². The monoisotopic (exact) mass is 192 g/mol. The first-order chi connectivity index (χ1) is 5.66. The van der Waals surface area contributed by atoms with E-state index in [0.717, 1.165) is 17.8 Å². The maximum Gasteiger partial charge on any atom is 0.195 e. The number of hydrogen-bond acceptors (Lipinski definition) is 1. The topological polar surface area (TPSA) is 0 Å². The summed E-state index contributed by atoms with van der Waals surface area (Å²) in [4.78, 5) is 0.149. The molecule has 0 nitrogen and oxygen atoms in total. The maximum absolute atomic E-state index is 12.8. The van der Waals surface area contributed by atoms with Crippen LogP contribution in [0.2, 0.25) is 0 Å². The molecule has 0 bridgehead atoms. The van der Waals surface area contributed by atoms with E-state index in [-0.39, 0.29) is 4.90 Å². The van der Waals surface area contributed by atoms with Gasteiger partial charge in [-0.15, -0.1) is 11.8 Å². The summed E-state index contributed by atoms with van der Waals surface area (Å²) >= 11 is 1.14. The highest BCUT2D eigenvalue weighted by Gasteiger charge is 2.12. The van der Waals surface area contributed by atoms with Gasteiger partial charge in [0.05, 0.1) is 0 Å². The number of benzene rings is 1. The largest absolute Gasteiger partial charge is 0.204 e. The molecule has 0 unspecified atom stereocenters. The molecule has 12 heavy (non-hydrogen) atoms. The highest BCUT2D eigenvalue weighted by Crippen LogP contribution is 2.24. The summed E-state index contributed by atoms with van der Waals surface area (Å²) < 4.78 is 37.7. The second-order valence-corrected chi connectivity index (χ2v) is 3.41. The lowest BCUT2D eigenvalue weighted by Gasteiger charge is -2.01. The first-order valence-corrected chi connectivity index (χ1v) is 4.41. The average molecular weight is 192 g/mol. The molecule has 0 N–H and O–H groups in total. The molecule has 0 aromatic heterocycles. The molecule has 0 aliphatic rings. The van der Waals surface area contributed by atoms with Gasteiger partial charge in [0, 0.05) is 4.90 Å². The Labute approximate surface area is 72.8 Å². The molecule has 0 radical (unpaired) electrons. The molecule has 0 aliphatic carbocycles. The van der Waals surface area contributed by atoms with Gasteiger partial charge < -0.3 is 0 Å². The van der Waals surface area contributed by atoms with E-state index in [4.69, 9.17) is 0 Å². The Bertz CT molecular complexity index is 286. The lowest BCUT2D eigenvalue weighted by Crippen LogP contribution is -1.92. The van der Waals surface area contributed by atoms with E-state index in [1.54, 1.807) is 0 Å². The van der Waals surface area contributed by atoms with Crippen LogP contribution in [0.4, 0.5) is 13.2 Å². The van der Waals surface area contributed by atoms with Crippen molar-refractivity contribution in [1.29, 1.82) is 0 Å². The lowest BCUT2D eigenvalue weighted by atomic mass is 10.3. The Morgan fingerprint density at radius 1 is 1.17 bits per heavy atom. The van der Waals surface area contributed by atoms with Crippen molar-refractivity contribution in [2.24, 2.45) is 0 Å². The van der Waals surface area contributed by atoms with Crippen LogP contribution in [0.25, 0.3) is 0 Å². The van der Waals surface area contributed by atoms with E-state index >= 15 is 0 Å². The van der Waals surface area contributed by atoms with Crippen molar-refractivity contribution >= 4 is 11.8 Å². The fourth-order valence-corrected chi connectivity index (χ4v) is 1.47. The van der Waals surface area contributed by atoms with E-state index < -0.39 is 17.5 Å². The van der Waals surface area contributed by atoms with Crippen molar-refractivity contribution in [1.82, 2.24) is 0 Å². The molecule has 1 aromatic rings. The number of hydrogen-bond donors (Lipinski definition) is 0. The Morgan fingerprint density at radius 3 is 2.42 bits per heavy atom. The number of halogens is 3. The predicted octanol–water partition coefficient (Wildman–Crippen LogP) is 3.22. The summed E-state index contributed by atoms with van der Waals surface area (Å²) in [5.74, 6) is -3.01. The molecule has 0 atom stereocenters. The van der Waals surface area contributed by atoms with Crippen LogP contribution in [0.5, 0.6) is 0 Å². The zero-order valence-electron chi connectivity index (χ0n) is 6.40. The molecular weight excluding hydrogens is 185 g/mol. The van der Waals surface area contributed by atoms with Crippen LogP contribution in [-0.2, 0) is 0 Å². The van der Waals surface area contributed by atoms with Crippen molar-refractivity contribution in [3.63, 3.8) is 0 Å². The minimum Gasteiger partial charge on any atom is -0.204 e. The fourth-order valence-electron chi connectivity index (χ4n) is 0.775. The first-order valence-electron chi connectivity index (χ1n) is 3.43. The molecule has 0 saturated heterocycles. The molecule has 66 valence electrons. The van der Waals surface area contributed by atoms with Crippen molar-refractivity contribution < 1.29 is 13.2 Å². The van der Waals surface area contributed by atoms with Crippen molar-refractivity contribution in [3.05, 3.63) is 29.6 Å². The van der Waals surface area contributed by atoms with Crippen LogP contribution in [0.15, 0.2) is 17.0 Å². The Kier molecular flexibility index (Phi) is 3.03.